The zero-order valence-electron chi connectivity index (χ0n) is 17.1. The summed E-state index contributed by atoms with van der Waals surface area (Å²) in [5.74, 6) is -0.520. The lowest BCUT2D eigenvalue weighted by Gasteiger charge is -2.27. The Morgan fingerprint density at radius 3 is 2.66 bits per heavy atom. The Hall–Kier alpha value is -2.20. The van der Waals surface area contributed by atoms with E-state index in [9.17, 15) is 18.0 Å². The van der Waals surface area contributed by atoms with Crippen molar-refractivity contribution >= 4 is 44.2 Å². The van der Waals surface area contributed by atoms with Gasteiger partial charge in [-0.1, -0.05) is 35.1 Å². The molecule has 10 heteroatoms. The van der Waals surface area contributed by atoms with E-state index in [1.807, 2.05) is 6.07 Å². The predicted molar refractivity (Wildman–Crippen MR) is 120 cm³/mol. The molecule has 0 radical (unpaired) electrons. The van der Waals surface area contributed by atoms with Gasteiger partial charge in [0, 0.05) is 31.7 Å². The van der Waals surface area contributed by atoms with Crippen molar-refractivity contribution in [1.82, 2.24) is 9.88 Å². The molecular weight excluding hydrogens is 463 g/mol. The van der Waals surface area contributed by atoms with E-state index in [0.29, 0.717) is 41.9 Å². The first-order chi connectivity index (χ1) is 15.3. The van der Waals surface area contributed by atoms with Crippen LogP contribution in [0, 0.1) is 0 Å². The van der Waals surface area contributed by atoms with E-state index in [-0.39, 0.29) is 5.56 Å². The summed E-state index contributed by atoms with van der Waals surface area (Å²) in [5.41, 5.74) is -0.315. The average molecular weight is 484 g/mol. The van der Waals surface area contributed by atoms with Crippen LogP contribution in [0.15, 0.2) is 42.5 Å². The second-order valence-electron chi connectivity index (χ2n) is 7.43. The second kappa shape index (κ2) is 9.74. The number of amides is 1. The van der Waals surface area contributed by atoms with Crippen LogP contribution in [-0.4, -0.2) is 55.2 Å². The Morgan fingerprint density at radius 1 is 1.19 bits per heavy atom. The molecule has 5 nitrogen and oxygen atoms in total. The van der Waals surface area contributed by atoms with E-state index < -0.39 is 17.6 Å². The molecule has 3 aromatic rings. The van der Waals surface area contributed by atoms with Crippen LogP contribution in [0.3, 0.4) is 0 Å². The van der Waals surface area contributed by atoms with Gasteiger partial charge in [0.05, 0.1) is 28.5 Å². The van der Waals surface area contributed by atoms with Crippen LogP contribution < -0.4 is 4.90 Å². The van der Waals surface area contributed by atoms with Gasteiger partial charge in [-0.2, -0.15) is 13.2 Å². The molecule has 4 rings (SSSR count). The summed E-state index contributed by atoms with van der Waals surface area (Å²) >= 11 is 7.54. The molecule has 1 fully saturated rings. The van der Waals surface area contributed by atoms with Crippen LogP contribution in [0.4, 0.5) is 18.3 Å². The maximum absolute atomic E-state index is 13.3. The number of carbonyl (C=O) groups is 1. The highest BCUT2D eigenvalue weighted by Crippen LogP contribution is 2.34. The van der Waals surface area contributed by atoms with E-state index in [0.717, 1.165) is 36.5 Å². The first kappa shape index (κ1) is 23.0. The zero-order valence-corrected chi connectivity index (χ0v) is 18.6. The van der Waals surface area contributed by atoms with Crippen LogP contribution >= 0.6 is 22.9 Å². The third-order valence-corrected chi connectivity index (χ3v) is 6.58. The monoisotopic (exact) mass is 483 g/mol. The number of halogens is 4. The highest BCUT2D eigenvalue weighted by molar-refractivity contribution is 7.22. The Labute approximate surface area is 192 Å². The lowest BCUT2D eigenvalue weighted by Crippen LogP contribution is -2.39. The van der Waals surface area contributed by atoms with Crippen molar-refractivity contribution in [3.63, 3.8) is 0 Å². The maximum Gasteiger partial charge on any atom is 0.416 e. The Balaban J connectivity index is 1.61. The van der Waals surface area contributed by atoms with Crippen LogP contribution in [0.5, 0.6) is 0 Å². The normalized spacial score (nSPS) is 15.2. The molecule has 32 heavy (non-hydrogen) atoms. The van der Waals surface area contributed by atoms with Gasteiger partial charge in [0.2, 0.25) is 0 Å². The van der Waals surface area contributed by atoms with Gasteiger partial charge in [-0.25, -0.2) is 4.98 Å². The summed E-state index contributed by atoms with van der Waals surface area (Å²) in [7, 11) is 0. The number of morpholine rings is 1. The summed E-state index contributed by atoms with van der Waals surface area (Å²) in [6.07, 6.45) is -3.88. The number of aromatic nitrogens is 1. The number of carbonyl (C=O) groups excluding carboxylic acids is 1. The SMILES string of the molecule is O=C(c1cccc(C(F)(F)F)c1)N(CCCN1CCOCC1)c1nc2c(Cl)cccc2s1. The molecule has 0 spiro atoms. The van der Waals surface area contributed by atoms with Gasteiger partial charge >= 0.3 is 6.18 Å². The van der Waals surface area contributed by atoms with Crippen LogP contribution in [0.25, 0.3) is 10.2 Å². The first-order valence-corrected chi connectivity index (χ1v) is 11.4. The van der Waals surface area contributed by atoms with Crippen molar-refractivity contribution in [3.8, 4) is 0 Å². The fraction of sp³-hybridized carbons (Fsp3) is 0.364. The van der Waals surface area contributed by atoms with E-state index in [1.54, 1.807) is 12.1 Å². The van der Waals surface area contributed by atoms with Crippen LogP contribution in [0.1, 0.15) is 22.3 Å². The molecule has 0 N–H and O–H groups in total. The van der Waals surface area contributed by atoms with Gasteiger partial charge in [-0.05, 0) is 36.8 Å². The number of anilines is 1. The summed E-state index contributed by atoms with van der Waals surface area (Å²) in [5, 5.41) is 0.877. The fourth-order valence-electron chi connectivity index (χ4n) is 3.56. The highest BCUT2D eigenvalue weighted by Gasteiger charge is 2.32. The van der Waals surface area contributed by atoms with E-state index >= 15 is 0 Å². The van der Waals surface area contributed by atoms with E-state index in [1.165, 1.54) is 28.4 Å². The smallest absolute Gasteiger partial charge is 0.379 e. The number of benzene rings is 2. The van der Waals surface area contributed by atoms with Gasteiger partial charge in [-0.3, -0.25) is 14.6 Å². The molecule has 0 saturated carbocycles. The van der Waals surface area contributed by atoms with Crippen molar-refractivity contribution < 1.29 is 22.7 Å². The van der Waals surface area contributed by atoms with Crippen molar-refractivity contribution in [2.24, 2.45) is 0 Å². The van der Waals surface area contributed by atoms with Gasteiger partial charge in [0.1, 0.15) is 5.52 Å². The number of thiazole rings is 1. The summed E-state index contributed by atoms with van der Waals surface area (Å²) < 4.78 is 45.7. The third-order valence-electron chi connectivity index (χ3n) is 5.23. The molecule has 0 bridgehead atoms. The number of hydrogen-bond donors (Lipinski definition) is 0. The number of hydrogen-bond acceptors (Lipinski definition) is 5. The molecule has 1 aliphatic heterocycles. The maximum atomic E-state index is 13.3. The zero-order chi connectivity index (χ0) is 22.7. The molecule has 1 amide bonds. The summed E-state index contributed by atoms with van der Waals surface area (Å²) in [6, 6.07) is 9.84. The second-order valence-corrected chi connectivity index (χ2v) is 8.84. The number of rotatable bonds is 6. The van der Waals surface area contributed by atoms with E-state index in [2.05, 4.69) is 9.88 Å². The van der Waals surface area contributed by atoms with Crippen molar-refractivity contribution in [3.05, 3.63) is 58.6 Å². The van der Waals surface area contributed by atoms with E-state index in [4.69, 9.17) is 16.3 Å². The minimum Gasteiger partial charge on any atom is -0.379 e. The quantitative estimate of drug-likeness (QED) is 0.475. The Bertz CT molecular complexity index is 1100. The summed E-state index contributed by atoms with van der Waals surface area (Å²) in [6.45, 7) is 4.05. The minimum absolute atomic E-state index is 0.0310. The van der Waals surface area contributed by atoms with Gasteiger partial charge < -0.3 is 4.74 Å². The molecule has 2 aromatic carbocycles. The van der Waals surface area contributed by atoms with Crippen molar-refractivity contribution in [1.29, 1.82) is 0 Å². The van der Waals surface area contributed by atoms with Crippen LogP contribution in [-0.2, 0) is 10.9 Å². The van der Waals surface area contributed by atoms with Gasteiger partial charge in [0.15, 0.2) is 5.13 Å². The Kier molecular flexibility index (Phi) is 6.99. The minimum atomic E-state index is -4.53. The lowest BCUT2D eigenvalue weighted by atomic mass is 10.1. The molecular formula is C22H21ClF3N3O2S. The predicted octanol–water partition coefficient (Wildman–Crippen LogP) is 5.34. The third kappa shape index (κ3) is 5.23. The number of nitrogens with zero attached hydrogens (tertiary/aromatic N) is 3. The van der Waals surface area contributed by atoms with Gasteiger partial charge in [0.25, 0.3) is 5.91 Å². The number of alkyl halides is 3. The fourth-order valence-corrected chi connectivity index (χ4v) is 4.85. The highest BCUT2D eigenvalue weighted by atomic mass is 35.5. The van der Waals surface area contributed by atoms with Crippen molar-refractivity contribution in [2.45, 2.75) is 12.6 Å². The average Bonchev–Trinajstić information content (AvgIpc) is 3.22. The largest absolute Gasteiger partial charge is 0.416 e. The number of ether oxygens (including phenoxy) is 1. The lowest BCUT2D eigenvalue weighted by molar-refractivity contribution is -0.137. The molecule has 1 aliphatic rings. The molecule has 0 atom stereocenters. The topological polar surface area (TPSA) is 45.7 Å². The first-order valence-electron chi connectivity index (χ1n) is 10.2. The molecule has 1 saturated heterocycles. The van der Waals surface area contributed by atoms with Gasteiger partial charge in [-0.15, -0.1) is 0 Å². The molecule has 0 aliphatic carbocycles. The molecule has 0 unspecified atom stereocenters. The Morgan fingerprint density at radius 2 is 1.94 bits per heavy atom. The van der Waals surface area contributed by atoms with Crippen molar-refractivity contribution in [2.75, 3.05) is 44.3 Å². The van der Waals surface area contributed by atoms with Crippen LogP contribution in [0.2, 0.25) is 5.02 Å². The molecule has 1 aromatic heterocycles. The summed E-state index contributed by atoms with van der Waals surface area (Å²) in [4.78, 5) is 21.6. The number of para-hydroxylation sites is 1. The molecule has 2 heterocycles. The standard InChI is InChI=1S/C22H21ClF3N3O2S/c23-17-6-2-7-18-19(17)27-21(32-18)29(9-3-8-28-10-12-31-13-11-28)20(30)15-4-1-5-16(14-15)22(24,25)26/h1-2,4-7,14H,3,8-13H2. The molecule has 170 valence electrons. The number of fused-ring (bicyclic) bond motifs is 1.